The van der Waals surface area contributed by atoms with Crippen molar-refractivity contribution < 1.29 is 9.53 Å². The zero-order chi connectivity index (χ0) is 13.4. The van der Waals surface area contributed by atoms with Gasteiger partial charge in [0.1, 0.15) is 5.75 Å². The van der Waals surface area contributed by atoms with Gasteiger partial charge in [-0.25, -0.2) is 0 Å². The van der Waals surface area contributed by atoms with E-state index in [1.54, 1.807) is 7.11 Å². The summed E-state index contributed by atoms with van der Waals surface area (Å²) in [6.45, 7) is 2.49. The van der Waals surface area contributed by atoms with Crippen molar-refractivity contribution in [1.29, 1.82) is 0 Å². The number of piperazine rings is 1. The van der Waals surface area contributed by atoms with E-state index in [1.165, 1.54) is 0 Å². The number of carbonyl (C=O) groups excluding carboxylic acids is 1. The lowest BCUT2D eigenvalue weighted by molar-refractivity contribution is -0.129. The predicted molar refractivity (Wildman–Crippen MR) is 74.4 cm³/mol. The lowest BCUT2D eigenvalue weighted by atomic mass is 10.1. The molecule has 0 spiro atoms. The Kier molecular flexibility index (Phi) is 2.97. The van der Waals surface area contributed by atoms with Crippen LogP contribution in [0.3, 0.4) is 0 Å². The molecule has 2 heterocycles. The monoisotopic (exact) mass is 261 g/mol. The summed E-state index contributed by atoms with van der Waals surface area (Å²) in [7, 11) is 1.63. The number of ether oxygens (including phenoxy) is 1. The van der Waals surface area contributed by atoms with E-state index < -0.39 is 0 Å². The van der Waals surface area contributed by atoms with Crippen LogP contribution in [0.2, 0.25) is 0 Å². The zero-order valence-electron chi connectivity index (χ0n) is 11.1. The summed E-state index contributed by atoms with van der Waals surface area (Å²) in [5.41, 5.74) is 7.84. The maximum atomic E-state index is 11.7. The number of nitrogen functional groups attached to an aromatic ring is 1. The van der Waals surface area contributed by atoms with Crippen LogP contribution in [0, 0.1) is 0 Å². The van der Waals surface area contributed by atoms with Crippen LogP contribution in [-0.2, 0) is 4.79 Å². The van der Waals surface area contributed by atoms with E-state index >= 15 is 0 Å². The quantitative estimate of drug-likeness (QED) is 0.810. The second kappa shape index (κ2) is 4.64. The maximum Gasteiger partial charge on any atom is 0.223 e. The first-order valence-corrected chi connectivity index (χ1v) is 6.67. The first kappa shape index (κ1) is 12.1. The number of carbonyl (C=O) groups is 1. The van der Waals surface area contributed by atoms with Crippen molar-refractivity contribution in [2.45, 2.75) is 18.9 Å². The first-order chi connectivity index (χ1) is 9.20. The van der Waals surface area contributed by atoms with Gasteiger partial charge in [-0.15, -0.1) is 0 Å². The van der Waals surface area contributed by atoms with E-state index in [0.717, 1.165) is 31.7 Å². The molecular weight excluding hydrogens is 242 g/mol. The molecule has 0 radical (unpaired) electrons. The number of nitrogens with zero attached hydrogens (tertiary/aromatic N) is 2. The van der Waals surface area contributed by atoms with Gasteiger partial charge in [-0.2, -0.15) is 0 Å². The van der Waals surface area contributed by atoms with E-state index in [4.69, 9.17) is 10.5 Å². The van der Waals surface area contributed by atoms with Gasteiger partial charge in [0, 0.05) is 32.1 Å². The smallest absolute Gasteiger partial charge is 0.223 e. The van der Waals surface area contributed by atoms with Gasteiger partial charge in [0.25, 0.3) is 0 Å². The standard InChI is InChI=1S/C14H19N3O2/c1-19-12-4-2-3-11(14(12)15)16-7-8-17-10(9-16)5-6-13(17)18/h2-4,10H,5-9,15H2,1H3. The zero-order valence-corrected chi connectivity index (χ0v) is 11.1. The summed E-state index contributed by atoms with van der Waals surface area (Å²) in [6.07, 6.45) is 1.64. The third kappa shape index (κ3) is 1.99. The topological polar surface area (TPSA) is 58.8 Å². The summed E-state index contributed by atoms with van der Waals surface area (Å²) in [4.78, 5) is 16.0. The summed E-state index contributed by atoms with van der Waals surface area (Å²) in [6, 6.07) is 6.18. The highest BCUT2D eigenvalue weighted by molar-refractivity contribution is 5.80. The molecule has 19 heavy (non-hydrogen) atoms. The number of para-hydroxylation sites is 1. The Morgan fingerprint density at radius 1 is 1.37 bits per heavy atom. The minimum atomic E-state index is 0.295. The minimum Gasteiger partial charge on any atom is -0.495 e. The van der Waals surface area contributed by atoms with Crippen molar-refractivity contribution in [3.05, 3.63) is 18.2 Å². The summed E-state index contributed by atoms with van der Waals surface area (Å²) in [5.74, 6) is 1.01. The second-order valence-electron chi connectivity index (χ2n) is 5.12. The third-order valence-corrected chi connectivity index (χ3v) is 4.10. The SMILES string of the molecule is COc1cccc(N2CCN3C(=O)CCC3C2)c1N. The number of amides is 1. The highest BCUT2D eigenvalue weighted by atomic mass is 16.5. The normalized spacial score (nSPS) is 22.6. The number of hydrogen-bond acceptors (Lipinski definition) is 4. The van der Waals surface area contributed by atoms with Gasteiger partial charge in [0.15, 0.2) is 0 Å². The molecule has 2 aliphatic heterocycles. The molecule has 5 nitrogen and oxygen atoms in total. The Bertz CT molecular complexity index is 503. The molecule has 1 aromatic rings. The molecule has 102 valence electrons. The molecule has 2 N–H and O–H groups in total. The van der Waals surface area contributed by atoms with E-state index in [2.05, 4.69) is 4.90 Å². The predicted octanol–water partition coefficient (Wildman–Crippen LogP) is 1.09. The molecule has 1 amide bonds. The Morgan fingerprint density at radius 2 is 2.21 bits per heavy atom. The number of rotatable bonds is 2. The van der Waals surface area contributed by atoms with Crippen LogP contribution >= 0.6 is 0 Å². The molecule has 0 aliphatic carbocycles. The molecule has 2 aliphatic rings. The number of fused-ring (bicyclic) bond motifs is 1. The molecule has 0 bridgehead atoms. The minimum absolute atomic E-state index is 0.295. The van der Waals surface area contributed by atoms with Crippen LogP contribution in [0.25, 0.3) is 0 Å². The Labute approximate surface area is 112 Å². The lowest BCUT2D eigenvalue weighted by Gasteiger charge is -2.39. The van der Waals surface area contributed by atoms with Crippen molar-refractivity contribution in [3.63, 3.8) is 0 Å². The number of methoxy groups -OCH3 is 1. The highest BCUT2D eigenvalue weighted by Gasteiger charge is 2.35. The lowest BCUT2D eigenvalue weighted by Crippen LogP contribution is -2.51. The highest BCUT2D eigenvalue weighted by Crippen LogP contribution is 2.34. The van der Waals surface area contributed by atoms with Gasteiger partial charge in [-0.3, -0.25) is 4.79 Å². The van der Waals surface area contributed by atoms with Crippen LogP contribution in [0.5, 0.6) is 5.75 Å². The van der Waals surface area contributed by atoms with Crippen LogP contribution < -0.4 is 15.4 Å². The van der Waals surface area contributed by atoms with Crippen molar-refractivity contribution in [1.82, 2.24) is 4.90 Å². The van der Waals surface area contributed by atoms with Gasteiger partial charge in [0.2, 0.25) is 5.91 Å². The largest absolute Gasteiger partial charge is 0.495 e. The van der Waals surface area contributed by atoms with Crippen molar-refractivity contribution >= 4 is 17.3 Å². The Balaban J connectivity index is 1.83. The number of anilines is 2. The summed E-state index contributed by atoms with van der Waals surface area (Å²) < 4.78 is 5.26. The summed E-state index contributed by atoms with van der Waals surface area (Å²) >= 11 is 0. The number of nitrogens with two attached hydrogens (primary N) is 1. The van der Waals surface area contributed by atoms with Crippen molar-refractivity contribution in [2.24, 2.45) is 0 Å². The van der Waals surface area contributed by atoms with E-state index in [1.807, 2.05) is 23.1 Å². The molecule has 0 saturated carbocycles. The molecular formula is C14H19N3O2. The van der Waals surface area contributed by atoms with Gasteiger partial charge in [-0.1, -0.05) is 6.07 Å². The van der Waals surface area contributed by atoms with Crippen molar-refractivity contribution in [2.75, 3.05) is 37.4 Å². The average Bonchev–Trinajstić information content (AvgIpc) is 2.80. The molecule has 1 unspecified atom stereocenters. The third-order valence-electron chi connectivity index (χ3n) is 4.10. The maximum absolute atomic E-state index is 11.7. The van der Waals surface area contributed by atoms with Gasteiger partial charge in [0.05, 0.1) is 18.5 Å². The van der Waals surface area contributed by atoms with Gasteiger partial charge in [-0.05, 0) is 18.6 Å². The average molecular weight is 261 g/mol. The molecule has 1 atom stereocenters. The fourth-order valence-corrected chi connectivity index (χ4v) is 3.07. The van der Waals surface area contributed by atoms with Crippen molar-refractivity contribution in [3.8, 4) is 5.75 Å². The molecule has 3 rings (SSSR count). The molecule has 0 aromatic heterocycles. The fourth-order valence-electron chi connectivity index (χ4n) is 3.07. The van der Waals surface area contributed by atoms with Gasteiger partial charge < -0.3 is 20.3 Å². The van der Waals surface area contributed by atoms with Crippen LogP contribution in [-0.4, -0.2) is 43.6 Å². The number of hydrogen-bond donors (Lipinski definition) is 1. The van der Waals surface area contributed by atoms with E-state index in [9.17, 15) is 4.79 Å². The molecule has 5 heteroatoms. The molecule has 1 aromatic carbocycles. The molecule has 2 fully saturated rings. The van der Waals surface area contributed by atoms with E-state index in [0.29, 0.717) is 29.8 Å². The van der Waals surface area contributed by atoms with Crippen LogP contribution in [0.15, 0.2) is 18.2 Å². The Morgan fingerprint density at radius 3 is 3.00 bits per heavy atom. The number of benzene rings is 1. The van der Waals surface area contributed by atoms with Crippen LogP contribution in [0.4, 0.5) is 11.4 Å². The van der Waals surface area contributed by atoms with Crippen LogP contribution in [0.1, 0.15) is 12.8 Å². The Hall–Kier alpha value is -1.91. The van der Waals surface area contributed by atoms with Gasteiger partial charge >= 0.3 is 0 Å². The van der Waals surface area contributed by atoms with E-state index in [-0.39, 0.29) is 0 Å². The fraction of sp³-hybridized carbons (Fsp3) is 0.500. The first-order valence-electron chi connectivity index (χ1n) is 6.67. The summed E-state index contributed by atoms with van der Waals surface area (Å²) in [5, 5.41) is 0. The second-order valence-corrected chi connectivity index (χ2v) is 5.12. The molecule has 2 saturated heterocycles.